The predicted molar refractivity (Wildman–Crippen MR) is 59.5 cm³/mol. The lowest BCUT2D eigenvalue weighted by Crippen LogP contribution is -2.48. The Kier molecular flexibility index (Phi) is 3.27. The molecule has 1 aromatic rings. The summed E-state index contributed by atoms with van der Waals surface area (Å²) >= 11 is 0. The standard InChI is InChI=1S/C9H16N4O2S/c1-2-12-5-7-13(8-6-12)16(14,15)9-3-4-10-11-9/h3-4H,2,5-8H2,1H3,(H,10,11). The highest BCUT2D eigenvalue weighted by Gasteiger charge is 2.28. The van der Waals surface area contributed by atoms with Crippen LogP contribution in [-0.4, -0.2) is 60.5 Å². The first kappa shape index (κ1) is 11.6. The second kappa shape index (κ2) is 4.52. The first-order chi connectivity index (χ1) is 7.64. The van der Waals surface area contributed by atoms with Crippen molar-refractivity contribution in [3.8, 4) is 0 Å². The number of nitrogens with zero attached hydrogens (tertiary/aromatic N) is 3. The van der Waals surface area contributed by atoms with Crippen molar-refractivity contribution in [2.45, 2.75) is 11.9 Å². The fraction of sp³-hybridized carbons (Fsp3) is 0.667. The molecule has 6 nitrogen and oxygen atoms in total. The minimum Gasteiger partial charge on any atom is -0.301 e. The van der Waals surface area contributed by atoms with Gasteiger partial charge < -0.3 is 4.90 Å². The van der Waals surface area contributed by atoms with Gasteiger partial charge in [0.25, 0.3) is 10.0 Å². The number of nitrogens with one attached hydrogen (secondary N) is 1. The molecule has 0 bridgehead atoms. The molecule has 0 atom stereocenters. The van der Waals surface area contributed by atoms with E-state index in [1.807, 2.05) is 0 Å². The van der Waals surface area contributed by atoms with Crippen LogP contribution in [0.3, 0.4) is 0 Å². The van der Waals surface area contributed by atoms with Crippen molar-refractivity contribution in [3.05, 3.63) is 12.3 Å². The SMILES string of the molecule is CCN1CCN(S(=O)(=O)c2ccn[nH]2)CC1. The van der Waals surface area contributed by atoms with Gasteiger partial charge in [0.2, 0.25) is 0 Å². The van der Waals surface area contributed by atoms with Gasteiger partial charge in [-0.15, -0.1) is 0 Å². The van der Waals surface area contributed by atoms with E-state index in [1.165, 1.54) is 16.6 Å². The smallest absolute Gasteiger partial charge is 0.260 e. The molecule has 90 valence electrons. The van der Waals surface area contributed by atoms with Crippen LogP contribution in [0.5, 0.6) is 0 Å². The van der Waals surface area contributed by atoms with Gasteiger partial charge in [-0.1, -0.05) is 6.92 Å². The Morgan fingerprint density at radius 3 is 2.56 bits per heavy atom. The van der Waals surface area contributed by atoms with Crippen molar-refractivity contribution < 1.29 is 8.42 Å². The summed E-state index contributed by atoms with van der Waals surface area (Å²) in [5, 5.41) is 6.36. The molecule has 0 amide bonds. The molecule has 2 rings (SSSR count). The molecule has 1 aromatic heterocycles. The van der Waals surface area contributed by atoms with Gasteiger partial charge >= 0.3 is 0 Å². The van der Waals surface area contributed by atoms with E-state index in [2.05, 4.69) is 22.0 Å². The number of rotatable bonds is 3. The number of sulfonamides is 1. The Morgan fingerprint density at radius 2 is 2.06 bits per heavy atom. The Labute approximate surface area is 95.3 Å². The lowest BCUT2D eigenvalue weighted by molar-refractivity contribution is 0.196. The van der Waals surface area contributed by atoms with Crippen LogP contribution in [0.2, 0.25) is 0 Å². The van der Waals surface area contributed by atoms with Crippen LogP contribution >= 0.6 is 0 Å². The van der Waals surface area contributed by atoms with E-state index in [4.69, 9.17) is 0 Å². The molecular formula is C9H16N4O2S. The third-order valence-electron chi connectivity index (χ3n) is 2.87. The van der Waals surface area contributed by atoms with Gasteiger partial charge in [-0.3, -0.25) is 5.10 Å². The monoisotopic (exact) mass is 244 g/mol. The Bertz CT molecular complexity index is 420. The number of likely N-dealkylation sites (N-methyl/N-ethyl adjacent to an activating group) is 1. The van der Waals surface area contributed by atoms with E-state index in [9.17, 15) is 8.42 Å². The Balaban J connectivity index is 2.09. The molecule has 1 N–H and O–H groups in total. The zero-order valence-electron chi connectivity index (χ0n) is 9.26. The highest BCUT2D eigenvalue weighted by molar-refractivity contribution is 7.89. The molecule has 0 saturated carbocycles. The molecule has 16 heavy (non-hydrogen) atoms. The summed E-state index contributed by atoms with van der Waals surface area (Å²) in [4.78, 5) is 2.24. The molecule has 1 aliphatic rings. The van der Waals surface area contributed by atoms with Crippen molar-refractivity contribution in [3.63, 3.8) is 0 Å². The van der Waals surface area contributed by atoms with Crippen molar-refractivity contribution >= 4 is 10.0 Å². The lowest BCUT2D eigenvalue weighted by atomic mass is 10.4. The van der Waals surface area contributed by atoms with E-state index in [0.717, 1.165) is 19.6 Å². The Morgan fingerprint density at radius 1 is 1.38 bits per heavy atom. The van der Waals surface area contributed by atoms with Gasteiger partial charge in [0, 0.05) is 26.2 Å². The number of hydrogen-bond donors (Lipinski definition) is 1. The first-order valence-electron chi connectivity index (χ1n) is 5.36. The highest BCUT2D eigenvalue weighted by atomic mass is 32.2. The molecular weight excluding hydrogens is 228 g/mol. The second-order valence-corrected chi connectivity index (χ2v) is 5.67. The average molecular weight is 244 g/mol. The largest absolute Gasteiger partial charge is 0.301 e. The number of aromatic amines is 1. The molecule has 0 aromatic carbocycles. The molecule has 2 heterocycles. The van der Waals surface area contributed by atoms with Crippen molar-refractivity contribution in [2.24, 2.45) is 0 Å². The molecule has 1 fully saturated rings. The van der Waals surface area contributed by atoms with E-state index in [0.29, 0.717) is 13.1 Å². The number of aromatic nitrogens is 2. The first-order valence-corrected chi connectivity index (χ1v) is 6.80. The van der Waals surface area contributed by atoms with E-state index >= 15 is 0 Å². The van der Waals surface area contributed by atoms with Crippen molar-refractivity contribution in [2.75, 3.05) is 32.7 Å². The van der Waals surface area contributed by atoms with Crippen molar-refractivity contribution in [1.29, 1.82) is 0 Å². The van der Waals surface area contributed by atoms with Gasteiger partial charge in [0.1, 0.15) is 0 Å². The maximum Gasteiger partial charge on any atom is 0.260 e. The van der Waals surface area contributed by atoms with Crippen LogP contribution in [0.25, 0.3) is 0 Å². The van der Waals surface area contributed by atoms with Gasteiger partial charge in [0.05, 0.1) is 6.20 Å². The maximum absolute atomic E-state index is 12.1. The van der Waals surface area contributed by atoms with Gasteiger partial charge in [0.15, 0.2) is 5.03 Å². The second-order valence-electron chi connectivity index (χ2n) is 3.76. The summed E-state index contributed by atoms with van der Waals surface area (Å²) in [7, 11) is -3.36. The minimum atomic E-state index is -3.36. The van der Waals surface area contributed by atoms with Gasteiger partial charge in [-0.25, -0.2) is 8.42 Å². The summed E-state index contributed by atoms with van der Waals surface area (Å²) in [5.74, 6) is 0. The summed E-state index contributed by atoms with van der Waals surface area (Å²) in [6.07, 6.45) is 1.45. The average Bonchev–Trinajstić information content (AvgIpc) is 2.83. The van der Waals surface area contributed by atoms with Crippen LogP contribution in [0.15, 0.2) is 17.3 Å². The zero-order chi connectivity index (χ0) is 11.6. The summed E-state index contributed by atoms with van der Waals surface area (Å²) in [6, 6.07) is 1.49. The van der Waals surface area contributed by atoms with Gasteiger partial charge in [-0.2, -0.15) is 9.40 Å². The molecule has 0 radical (unpaired) electrons. The van der Waals surface area contributed by atoms with Gasteiger partial charge in [-0.05, 0) is 12.6 Å². The summed E-state index contributed by atoms with van der Waals surface area (Å²) in [5.41, 5.74) is 0. The zero-order valence-corrected chi connectivity index (χ0v) is 10.1. The summed E-state index contributed by atoms with van der Waals surface area (Å²) in [6.45, 7) is 5.75. The molecule has 1 aliphatic heterocycles. The van der Waals surface area contributed by atoms with Crippen LogP contribution in [0, 0.1) is 0 Å². The molecule has 0 spiro atoms. The van der Waals surface area contributed by atoms with Crippen LogP contribution < -0.4 is 0 Å². The molecule has 7 heteroatoms. The third kappa shape index (κ3) is 2.11. The fourth-order valence-electron chi connectivity index (χ4n) is 1.81. The number of H-pyrrole nitrogens is 1. The molecule has 1 saturated heterocycles. The highest BCUT2D eigenvalue weighted by Crippen LogP contribution is 2.14. The third-order valence-corrected chi connectivity index (χ3v) is 4.70. The normalized spacial score (nSPS) is 20.1. The van der Waals surface area contributed by atoms with Crippen molar-refractivity contribution in [1.82, 2.24) is 19.4 Å². The van der Waals surface area contributed by atoms with Crippen LogP contribution in [0.4, 0.5) is 0 Å². The minimum absolute atomic E-state index is 0.178. The number of hydrogen-bond acceptors (Lipinski definition) is 4. The van der Waals surface area contributed by atoms with Crippen LogP contribution in [-0.2, 0) is 10.0 Å². The van der Waals surface area contributed by atoms with E-state index in [-0.39, 0.29) is 5.03 Å². The van der Waals surface area contributed by atoms with Crippen LogP contribution in [0.1, 0.15) is 6.92 Å². The molecule has 0 aliphatic carbocycles. The summed E-state index contributed by atoms with van der Waals surface area (Å²) < 4.78 is 25.7. The Hall–Kier alpha value is -0.920. The van der Waals surface area contributed by atoms with E-state index in [1.54, 1.807) is 0 Å². The van der Waals surface area contributed by atoms with E-state index < -0.39 is 10.0 Å². The molecule has 0 unspecified atom stereocenters. The fourth-order valence-corrected chi connectivity index (χ4v) is 3.14. The topological polar surface area (TPSA) is 69.3 Å². The number of piperazine rings is 1. The lowest BCUT2D eigenvalue weighted by Gasteiger charge is -2.32. The quantitative estimate of drug-likeness (QED) is 0.795. The predicted octanol–water partition coefficient (Wildman–Crippen LogP) is -0.264. The maximum atomic E-state index is 12.1.